The van der Waals surface area contributed by atoms with Gasteiger partial charge in [0, 0.05) is 6.54 Å². The smallest absolute Gasteiger partial charge is 0.242 e. The summed E-state index contributed by atoms with van der Waals surface area (Å²) >= 11 is 0. The molecule has 7 heteroatoms. The number of nitrogen functional groups attached to an aromatic ring is 1. The third-order valence-corrected chi connectivity index (χ3v) is 2.85. The standard InChI is InChI=1S/C12H21N5O2/c1-5-14-12(19)8(3)15-10(18)6-17-9(4)11(13)7(2)16-17/h8H,5-6,13H2,1-4H3,(H,14,19)(H,15,18). The molecular weight excluding hydrogens is 246 g/mol. The number of anilines is 1. The average Bonchev–Trinajstić information content (AvgIpc) is 2.57. The number of rotatable bonds is 5. The third kappa shape index (κ3) is 3.70. The van der Waals surface area contributed by atoms with Gasteiger partial charge < -0.3 is 16.4 Å². The van der Waals surface area contributed by atoms with Crippen LogP contribution in [-0.4, -0.2) is 34.2 Å². The molecule has 106 valence electrons. The van der Waals surface area contributed by atoms with Crippen molar-refractivity contribution in [3.05, 3.63) is 11.4 Å². The second-order valence-electron chi connectivity index (χ2n) is 4.43. The first-order chi connectivity index (χ1) is 8.86. The van der Waals surface area contributed by atoms with Crippen LogP contribution in [0.15, 0.2) is 0 Å². The van der Waals surface area contributed by atoms with Crippen molar-refractivity contribution in [2.45, 2.75) is 40.3 Å². The number of nitrogens with two attached hydrogens (primary N) is 1. The SMILES string of the molecule is CCNC(=O)C(C)NC(=O)Cn1nc(C)c(N)c1C. The summed E-state index contributed by atoms with van der Waals surface area (Å²) < 4.78 is 1.53. The quantitative estimate of drug-likeness (QED) is 0.683. The third-order valence-electron chi connectivity index (χ3n) is 2.85. The molecule has 1 unspecified atom stereocenters. The lowest BCUT2D eigenvalue weighted by molar-refractivity contribution is -0.128. The summed E-state index contributed by atoms with van der Waals surface area (Å²) in [5, 5.41) is 9.43. The number of nitrogens with one attached hydrogen (secondary N) is 2. The van der Waals surface area contributed by atoms with E-state index in [4.69, 9.17) is 5.73 Å². The molecule has 19 heavy (non-hydrogen) atoms. The predicted octanol–water partition coefficient (Wildman–Crippen LogP) is -0.277. The molecule has 0 spiro atoms. The van der Waals surface area contributed by atoms with Crippen molar-refractivity contribution in [2.24, 2.45) is 0 Å². The zero-order chi connectivity index (χ0) is 14.6. The summed E-state index contributed by atoms with van der Waals surface area (Å²) in [4.78, 5) is 23.3. The Morgan fingerprint density at radius 2 is 2.05 bits per heavy atom. The fourth-order valence-electron chi connectivity index (χ4n) is 1.68. The lowest BCUT2D eigenvalue weighted by atomic mass is 10.3. The van der Waals surface area contributed by atoms with E-state index in [0.717, 1.165) is 5.69 Å². The molecule has 1 heterocycles. The van der Waals surface area contributed by atoms with Gasteiger partial charge in [0.1, 0.15) is 12.6 Å². The first-order valence-electron chi connectivity index (χ1n) is 6.23. The molecule has 0 aromatic carbocycles. The Hall–Kier alpha value is -2.05. The number of hydrogen-bond acceptors (Lipinski definition) is 4. The highest BCUT2D eigenvalue weighted by Gasteiger charge is 2.16. The van der Waals surface area contributed by atoms with Crippen LogP contribution in [0.4, 0.5) is 5.69 Å². The normalized spacial score (nSPS) is 12.0. The summed E-state index contributed by atoms with van der Waals surface area (Å²) in [6.07, 6.45) is 0. The molecule has 1 aromatic rings. The molecule has 7 nitrogen and oxygen atoms in total. The highest BCUT2D eigenvalue weighted by molar-refractivity contribution is 5.87. The Morgan fingerprint density at radius 3 is 2.53 bits per heavy atom. The van der Waals surface area contributed by atoms with Gasteiger partial charge in [-0.15, -0.1) is 0 Å². The number of hydrogen-bond donors (Lipinski definition) is 3. The first-order valence-corrected chi connectivity index (χ1v) is 6.23. The van der Waals surface area contributed by atoms with E-state index < -0.39 is 6.04 Å². The maximum Gasteiger partial charge on any atom is 0.242 e. The molecule has 0 aliphatic heterocycles. The molecule has 2 amide bonds. The molecule has 0 aliphatic rings. The van der Waals surface area contributed by atoms with Crippen LogP contribution in [0.25, 0.3) is 0 Å². The molecule has 0 bridgehead atoms. The number of aryl methyl sites for hydroxylation is 1. The molecular formula is C12H21N5O2. The van der Waals surface area contributed by atoms with Gasteiger partial charge in [0.25, 0.3) is 0 Å². The van der Waals surface area contributed by atoms with Crippen molar-refractivity contribution >= 4 is 17.5 Å². The van der Waals surface area contributed by atoms with E-state index in [-0.39, 0.29) is 18.4 Å². The van der Waals surface area contributed by atoms with Crippen LogP contribution in [0.3, 0.4) is 0 Å². The van der Waals surface area contributed by atoms with E-state index in [0.29, 0.717) is 17.9 Å². The zero-order valence-electron chi connectivity index (χ0n) is 11.8. The van der Waals surface area contributed by atoms with Gasteiger partial charge in [0.15, 0.2) is 0 Å². The molecule has 0 radical (unpaired) electrons. The van der Waals surface area contributed by atoms with Crippen LogP contribution in [0.2, 0.25) is 0 Å². The molecule has 4 N–H and O–H groups in total. The van der Waals surface area contributed by atoms with Gasteiger partial charge in [0.2, 0.25) is 11.8 Å². The molecule has 0 fully saturated rings. The number of likely N-dealkylation sites (N-methyl/N-ethyl adjacent to an activating group) is 1. The predicted molar refractivity (Wildman–Crippen MR) is 72.4 cm³/mol. The van der Waals surface area contributed by atoms with E-state index in [9.17, 15) is 9.59 Å². The van der Waals surface area contributed by atoms with Crippen molar-refractivity contribution < 1.29 is 9.59 Å². The number of amides is 2. The Balaban J connectivity index is 2.60. The van der Waals surface area contributed by atoms with E-state index in [1.807, 2.05) is 6.92 Å². The number of carbonyl (C=O) groups is 2. The van der Waals surface area contributed by atoms with E-state index in [1.54, 1.807) is 20.8 Å². The van der Waals surface area contributed by atoms with Gasteiger partial charge in [-0.25, -0.2) is 0 Å². The number of aromatic nitrogens is 2. The average molecular weight is 267 g/mol. The van der Waals surface area contributed by atoms with Crippen molar-refractivity contribution in [3.8, 4) is 0 Å². The lowest BCUT2D eigenvalue weighted by Crippen LogP contribution is -2.45. The maximum atomic E-state index is 11.8. The Morgan fingerprint density at radius 1 is 1.42 bits per heavy atom. The van der Waals surface area contributed by atoms with Crippen molar-refractivity contribution in [2.75, 3.05) is 12.3 Å². The van der Waals surface area contributed by atoms with Crippen LogP contribution in [0.5, 0.6) is 0 Å². The summed E-state index contributed by atoms with van der Waals surface area (Å²) in [5.74, 6) is -0.479. The van der Waals surface area contributed by atoms with Gasteiger partial charge in [-0.05, 0) is 27.7 Å². The molecule has 1 aromatic heterocycles. The van der Waals surface area contributed by atoms with Crippen molar-refractivity contribution in [1.29, 1.82) is 0 Å². The van der Waals surface area contributed by atoms with Gasteiger partial charge in [0.05, 0.1) is 17.1 Å². The maximum absolute atomic E-state index is 11.8. The second kappa shape index (κ2) is 6.21. The van der Waals surface area contributed by atoms with Crippen molar-refractivity contribution in [3.63, 3.8) is 0 Å². The highest BCUT2D eigenvalue weighted by atomic mass is 16.2. The van der Waals surface area contributed by atoms with Gasteiger partial charge in [-0.3, -0.25) is 14.3 Å². The number of nitrogens with zero attached hydrogens (tertiary/aromatic N) is 2. The summed E-state index contributed by atoms with van der Waals surface area (Å²) in [6, 6.07) is -0.568. The molecule has 0 saturated carbocycles. The van der Waals surface area contributed by atoms with Gasteiger partial charge in [-0.2, -0.15) is 5.10 Å². The van der Waals surface area contributed by atoms with Crippen LogP contribution >= 0.6 is 0 Å². The fourth-order valence-corrected chi connectivity index (χ4v) is 1.68. The largest absolute Gasteiger partial charge is 0.396 e. The highest BCUT2D eigenvalue weighted by Crippen LogP contribution is 2.14. The van der Waals surface area contributed by atoms with Crippen LogP contribution < -0.4 is 16.4 Å². The topological polar surface area (TPSA) is 102 Å². The lowest BCUT2D eigenvalue weighted by Gasteiger charge is -2.13. The first kappa shape index (κ1) is 15.0. The molecule has 0 aliphatic carbocycles. The molecule has 0 saturated heterocycles. The minimum absolute atomic E-state index is 0.0492. The monoisotopic (exact) mass is 267 g/mol. The Kier molecular flexibility index (Phi) is 4.91. The molecule has 1 atom stereocenters. The molecule has 1 rings (SSSR count). The minimum Gasteiger partial charge on any atom is -0.396 e. The van der Waals surface area contributed by atoms with E-state index >= 15 is 0 Å². The minimum atomic E-state index is -0.568. The fraction of sp³-hybridized carbons (Fsp3) is 0.583. The summed E-state index contributed by atoms with van der Waals surface area (Å²) in [5.41, 5.74) is 7.82. The zero-order valence-corrected chi connectivity index (χ0v) is 11.8. The van der Waals surface area contributed by atoms with Crippen LogP contribution in [0.1, 0.15) is 25.2 Å². The van der Waals surface area contributed by atoms with E-state index in [2.05, 4.69) is 15.7 Å². The second-order valence-corrected chi connectivity index (χ2v) is 4.43. The van der Waals surface area contributed by atoms with Gasteiger partial charge >= 0.3 is 0 Å². The van der Waals surface area contributed by atoms with Crippen LogP contribution in [0, 0.1) is 13.8 Å². The summed E-state index contributed by atoms with van der Waals surface area (Å²) in [6.45, 7) is 7.63. The van der Waals surface area contributed by atoms with E-state index in [1.165, 1.54) is 4.68 Å². The van der Waals surface area contributed by atoms with Crippen molar-refractivity contribution in [1.82, 2.24) is 20.4 Å². The number of carbonyl (C=O) groups excluding carboxylic acids is 2. The summed E-state index contributed by atoms with van der Waals surface area (Å²) in [7, 11) is 0. The Bertz CT molecular complexity index is 481. The van der Waals surface area contributed by atoms with Crippen LogP contribution in [-0.2, 0) is 16.1 Å². The van der Waals surface area contributed by atoms with Gasteiger partial charge in [-0.1, -0.05) is 0 Å². The Labute approximate surface area is 112 Å².